The van der Waals surface area contributed by atoms with Crippen LogP contribution in [-0.2, 0) is 0 Å². The van der Waals surface area contributed by atoms with Gasteiger partial charge >= 0.3 is 0 Å². The maximum Gasteiger partial charge on any atom is 0.0211 e. The van der Waals surface area contributed by atoms with Crippen molar-refractivity contribution in [1.82, 2.24) is 0 Å². The summed E-state index contributed by atoms with van der Waals surface area (Å²) in [5.74, 6) is 1.67. The van der Waals surface area contributed by atoms with E-state index in [-0.39, 0.29) is 5.54 Å². The average molecular weight is 195 g/mol. The molecule has 2 aliphatic carbocycles. The molecule has 0 aromatic rings. The van der Waals surface area contributed by atoms with Crippen molar-refractivity contribution >= 4 is 0 Å². The van der Waals surface area contributed by atoms with Crippen molar-refractivity contribution in [2.75, 3.05) is 0 Å². The van der Waals surface area contributed by atoms with Crippen LogP contribution in [0.1, 0.15) is 64.7 Å². The molecule has 0 aromatic carbocycles. The van der Waals surface area contributed by atoms with E-state index in [1.807, 2.05) is 0 Å². The van der Waals surface area contributed by atoms with Gasteiger partial charge < -0.3 is 5.73 Å². The summed E-state index contributed by atoms with van der Waals surface area (Å²) in [4.78, 5) is 0. The summed E-state index contributed by atoms with van der Waals surface area (Å²) >= 11 is 0. The minimum Gasteiger partial charge on any atom is -0.325 e. The largest absolute Gasteiger partial charge is 0.325 e. The molecule has 0 spiro atoms. The zero-order valence-corrected chi connectivity index (χ0v) is 9.60. The van der Waals surface area contributed by atoms with Gasteiger partial charge in [0.05, 0.1) is 0 Å². The van der Waals surface area contributed by atoms with E-state index in [1.165, 1.54) is 57.8 Å². The van der Waals surface area contributed by atoms with Crippen LogP contribution in [0.25, 0.3) is 0 Å². The highest BCUT2D eigenvalue weighted by molar-refractivity contribution is 5.00. The molecule has 0 heterocycles. The summed E-state index contributed by atoms with van der Waals surface area (Å²) in [6.45, 7) is 2.33. The number of rotatable bonds is 2. The first kappa shape index (κ1) is 10.5. The molecule has 2 N–H and O–H groups in total. The molecule has 2 rings (SSSR count). The summed E-state index contributed by atoms with van der Waals surface area (Å²) in [6.07, 6.45) is 12.5. The highest BCUT2D eigenvalue weighted by atomic mass is 14.8. The zero-order valence-electron chi connectivity index (χ0n) is 9.60. The van der Waals surface area contributed by atoms with E-state index in [1.54, 1.807) is 0 Å². The van der Waals surface area contributed by atoms with E-state index < -0.39 is 0 Å². The Kier molecular flexibility index (Phi) is 3.16. The first-order chi connectivity index (χ1) is 6.77. The summed E-state index contributed by atoms with van der Waals surface area (Å²) in [6, 6.07) is 0. The van der Waals surface area contributed by atoms with Gasteiger partial charge in [0.25, 0.3) is 0 Å². The fourth-order valence-corrected chi connectivity index (χ4v) is 3.88. The lowest BCUT2D eigenvalue weighted by molar-refractivity contribution is 0.114. The minimum absolute atomic E-state index is 0.226. The molecule has 0 saturated heterocycles. The maximum atomic E-state index is 6.72. The van der Waals surface area contributed by atoms with Gasteiger partial charge in [-0.25, -0.2) is 0 Å². The second-order valence-electron chi connectivity index (χ2n) is 5.44. The third-order valence-corrected chi connectivity index (χ3v) is 4.78. The Labute approximate surface area is 88.4 Å². The monoisotopic (exact) mass is 195 g/mol. The van der Waals surface area contributed by atoms with E-state index in [9.17, 15) is 0 Å². The molecule has 2 unspecified atom stereocenters. The summed E-state index contributed by atoms with van der Waals surface area (Å²) in [7, 11) is 0. The Morgan fingerprint density at radius 2 is 1.71 bits per heavy atom. The molecule has 14 heavy (non-hydrogen) atoms. The van der Waals surface area contributed by atoms with Crippen molar-refractivity contribution in [2.24, 2.45) is 17.6 Å². The summed E-state index contributed by atoms with van der Waals surface area (Å²) in [5.41, 5.74) is 6.94. The first-order valence-corrected chi connectivity index (χ1v) is 6.56. The van der Waals surface area contributed by atoms with Crippen LogP contribution in [0, 0.1) is 11.8 Å². The normalized spacial score (nSPS) is 40.3. The lowest BCUT2D eigenvalue weighted by atomic mass is 9.65. The van der Waals surface area contributed by atoms with Gasteiger partial charge in [-0.15, -0.1) is 0 Å². The number of hydrogen-bond donors (Lipinski definition) is 1. The van der Waals surface area contributed by atoms with E-state index in [0.717, 1.165) is 11.8 Å². The van der Waals surface area contributed by atoms with E-state index >= 15 is 0 Å². The van der Waals surface area contributed by atoms with Crippen molar-refractivity contribution in [3.63, 3.8) is 0 Å². The molecular formula is C13H25N. The van der Waals surface area contributed by atoms with E-state index in [0.29, 0.717) is 0 Å². The van der Waals surface area contributed by atoms with E-state index in [2.05, 4.69) is 6.92 Å². The molecule has 0 aliphatic heterocycles. The number of nitrogens with two attached hydrogens (primary N) is 1. The lowest BCUT2D eigenvalue weighted by Crippen LogP contribution is -2.54. The van der Waals surface area contributed by atoms with Crippen LogP contribution in [-0.4, -0.2) is 5.54 Å². The van der Waals surface area contributed by atoms with Gasteiger partial charge in [0.2, 0.25) is 0 Å². The average Bonchev–Trinajstić information content (AvgIpc) is 2.72. The molecular weight excluding hydrogens is 170 g/mol. The Bertz CT molecular complexity index is 180. The van der Waals surface area contributed by atoms with Crippen LogP contribution >= 0.6 is 0 Å². The van der Waals surface area contributed by atoms with Gasteiger partial charge in [0.1, 0.15) is 0 Å². The van der Waals surface area contributed by atoms with Gasteiger partial charge in [-0.3, -0.25) is 0 Å². The fourth-order valence-electron chi connectivity index (χ4n) is 3.88. The molecule has 0 amide bonds. The summed E-state index contributed by atoms with van der Waals surface area (Å²) < 4.78 is 0. The van der Waals surface area contributed by atoms with E-state index in [4.69, 9.17) is 5.73 Å². The van der Waals surface area contributed by atoms with Crippen LogP contribution in [0.5, 0.6) is 0 Å². The van der Waals surface area contributed by atoms with Crippen molar-refractivity contribution in [2.45, 2.75) is 70.3 Å². The molecule has 1 heteroatoms. The second-order valence-corrected chi connectivity index (χ2v) is 5.44. The highest BCUT2D eigenvalue weighted by Crippen LogP contribution is 2.45. The predicted octanol–water partition coefficient (Wildman–Crippen LogP) is 3.47. The van der Waals surface area contributed by atoms with Crippen molar-refractivity contribution in [3.8, 4) is 0 Å². The van der Waals surface area contributed by atoms with Gasteiger partial charge in [-0.2, -0.15) is 0 Å². The molecule has 2 saturated carbocycles. The number of hydrogen-bond acceptors (Lipinski definition) is 1. The first-order valence-electron chi connectivity index (χ1n) is 6.56. The second kappa shape index (κ2) is 4.22. The van der Waals surface area contributed by atoms with Crippen LogP contribution < -0.4 is 5.73 Å². The third kappa shape index (κ3) is 1.71. The van der Waals surface area contributed by atoms with Gasteiger partial charge in [-0.1, -0.05) is 39.0 Å². The quantitative estimate of drug-likeness (QED) is 0.717. The Morgan fingerprint density at radius 1 is 1.07 bits per heavy atom. The van der Waals surface area contributed by atoms with Crippen LogP contribution in [0.15, 0.2) is 0 Å². The topological polar surface area (TPSA) is 26.0 Å². The predicted molar refractivity (Wildman–Crippen MR) is 61.1 cm³/mol. The third-order valence-electron chi connectivity index (χ3n) is 4.78. The molecule has 2 atom stereocenters. The van der Waals surface area contributed by atoms with Crippen LogP contribution in [0.3, 0.4) is 0 Å². The standard InChI is InChI=1S/C13H25N/c1-2-11-7-5-6-10-13(11,14)12-8-3-4-9-12/h11-12H,2-10,14H2,1H3. The van der Waals surface area contributed by atoms with Crippen LogP contribution in [0.2, 0.25) is 0 Å². The van der Waals surface area contributed by atoms with Gasteiger partial charge in [-0.05, 0) is 37.5 Å². The smallest absolute Gasteiger partial charge is 0.0211 e. The highest BCUT2D eigenvalue weighted by Gasteiger charge is 2.43. The van der Waals surface area contributed by atoms with Crippen molar-refractivity contribution < 1.29 is 0 Å². The molecule has 2 aliphatic rings. The molecule has 1 nitrogen and oxygen atoms in total. The zero-order chi connectivity index (χ0) is 10.0. The van der Waals surface area contributed by atoms with Crippen LogP contribution in [0.4, 0.5) is 0 Å². The van der Waals surface area contributed by atoms with Gasteiger partial charge in [0, 0.05) is 5.54 Å². The maximum absolute atomic E-state index is 6.72. The Hall–Kier alpha value is -0.0400. The molecule has 0 radical (unpaired) electrons. The minimum atomic E-state index is 0.226. The van der Waals surface area contributed by atoms with Crippen molar-refractivity contribution in [3.05, 3.63) is 0 Å². The Morgan fingerprint density at radius 3 is 2.36 bits per heavy atom. The lowest BCUT2D eigenvalue weighted by Gasteiger charge is -2.45. The van der Waals surface area contributed by atoms with Gasteiger partial charge in [0.15, 0.2) is 0 Å². The van der Waals surface area contributed by atoms with Crippen molar-refractivity contribution in [1.29, 1.82) is 0 Å². The molecule has 0 bridgehead atoms. The fraction of sp³-hybridized carbons (Fsp3) is 1.00. The SMILES string of the molecule is CCC1CCCCC1(N)C1CCCC1. The molecule has 0 aromatic heterocycles. The summed E-state index contributed by atoms with van der Waals surface area (Å²) in [5, 5.41) is 0. The molecule has 82 valence electrons. The molecule has 2 fully saturated rings. The Balaban J connectivity index is 2.08.